The van der Waals surface area contributed by atoms with Crippen LogP contribution in [-0.4, -0.2) is 19.8 Å². The van der Waals surface area contributed by atoms with Crippen LogP contribution in [0.15, 0.2) is 54.7 Å². The molecule has 1 aromatic heterocycles. The third-order valence-electron chi connectivity index (χ3n) is 3.28. The van der Waals surface area contributed by atoms with Crippen LogP contribution in [0.3, 0.4) is 0 Å². The number of pyridine rings is 1. The number of nitro groups is 3. The first-order chi connectivity index (χ1) is 12.3. The fraction of sp³-hybridized carbons (Fsp3) is 0.0625. The molecule has 0 atom stereocenters. The van der Waals surface area contributed by atoms with Crippen molar-refractivity contribution in [2.24, 2.45) is 0 Å². The molecule has 0 aliphatic carbocycles. The van der Waals surface area contributed by atoms with E-state index in [-0.39, 0.29) is 0 Å². The molecule has 0 aliphatic rings. The Morgan fingerprint density at radius 3 is 1.73 bits per heavy atom. The normalized spacial score (nSPS) is 9.88. The van der Waals surface area contributed by atoms with Crippen molar-refractivity contribution >= 4 is 28.0 Å². The van der Waals surface area contributed by atoms with Crippen molar-refractivity contribution < 1.29 is 14.8 Å². The van der Waals surface area contributed by atoms with E-state index in [0.717, 1.165) is 5.52 Å². The van der Waals surface area contributed by atoms with Gasteiger partial charge in [-0.3, -0.25) is 35.3 Å². The Bertz CT molecular complexity index is 926. The summed E-state index contributed by atoms with van der Waals surface area (Å²) in [5.74, 6) is 0. The van der Waals surface area contributed by atoms with Crippen LogP contribution in [0.25, 0.3) is 10.9 Å². The lowest BCUT2D eigenvalue weighted by Crippen LogP contribution is -1.96. The predicted molar refractivity (Wildman–Crippen MR) is 92.9 cm³/mol. The summed E-state index contributed by atoms with van der Waals surface area (Å²) in [6.07, 6.45) is 1.82. The van der Waals surface area contributed by atoms with Gasteiger partial charge in [0.05, 0.1) is 38.5 Å². The van der Waals surface area contributed by atoms with Crippen molar-refractivity contribution in [3.63, 3.8) is 0 Å². The molecule has 26 heavy (non-hydrogen) atoms. The lowest BCUT2D eigenvalue weighted by molar-refractivity contribution is -0.403. The van der Waals surface area contributed by atoms with E-state index in [1.165, 1.54) is 10.9 Å². The second-order valence-electron chi connectivity index (χ2n) is 5.18. The maximum absolute atomic E-state index is 10.3. The highest BCUT2D eigenvalue weighted by Gasteiger charge is 2.21. The van der Waals surface area contributed by atoms with Crippen LogP contribution in [0.1, 0.15) is 5.56 Å². The van der Waals surface area contributed by atoms with Crippen molar-refractivity contribution in [1.29, 1.82) is 0 Å². The summed E-state index contributed by atoms with van der Waals surface area (Å²) in [6, 6.07) is 12.3. The number of rotatable bonds is 3. The van der Waals surface area contributed by atoms with Crippen molar-refractivity contribution in [3.8, 4) is 0 Å². The van der Waals surface area contributed by atoms with E-state index in [2.05, 4.69) is 30.1 Å². The van der Waals surface area contributed by atoms with E-state index in [1.54, 1.807) is 0 Å². The standard InChI is InChI=1S/C10H9N.C6H3N3O6/c1-8-4-5-10-9(7-8)3-2-6-11-10;10-7(11)4-1-5(8(12)13)3-6(2-4)9(14)15/h2-7H,1H3;1-3H. The Morgan fingerprint density at radius 2 is 1.27 bits per heavy atom. The second-order valence-corrected chi connectivity index (χ2v) is 5.18. The monoisotopic (exact) mass is 356 g/mol. The molecule has 0 bridgehead atoms. The van der Waals surface area contributed by atoms with Gasteiger partial charge in [0, 0.05) is 11.6 Å². The fourth-order valence-corrected chi connectivity index (χ4v) is 2.09. The number of aryl methyl sites for hydroxylation is 1. The molecule has 0 amide bonds. The third kappa shape index (κ3) is 4.54. The largest absolute Gasteiger partial charge is 0.283 e. The van der Waals surface area contributed by atoms with Gasteiger partial charge in [-0.05, 0) is 25.1 Å². The van der Waals surface area contributed by atoms with Gasteiger partial charge in [-0.1, -0.05) is 17.7 Å². The van der Waals surface area contributed by atoms with E-state index in [9.17, 15) is 30.3 Å². The average molecular weight is 356 g/mol. The molecular formula is C16H12N4O6. The van der Waals surface area contributed by atoms with Crippen molar-refractivity contribution in [3.05, 3.63) is 90.6 Å². The van der Waals surface area contributed by atoms with Crippen molar-refractivity contribution in [2.45, 2.75) is 6.92 Å². The molecule has 2 aromatic carbocycles. The van der Waals surface area contributed by atoms with Crippen LogP contribution in [0.5, 0.6) is 0 Å². The van der Waals surface area contributed by atoms with Gasteiger partial charge in [-0.2, -0.15) is 0 Å². The fourth-order valence-electron chi connectivity index (χ4n) is 2.09. The zero-order chi connectivity index (χ0) is 19.3. The van der Waals surface area contributed by atoms with Gasteiger partial charge in [0.2, 0.25) is 0 Å². The summed E-state index contributed by atoms with van der Waals surface area (Å²) in [7, 11) is 0. The molecule has 0 aliphatic heterocycles. The molecule has 132 valence electrons. The number of hydrogen-bond donors (Lipinski definition) is 0. The van der Waals surface area contributed by atoms with E-state index in [0.29, 0.717) is 18.2 Å². The predicted octanol–water partition coefficient (Wildman–Crippen LogP) is 3.95. The highest BCUT2D eigenvalue weighted by Crippen LogP contribution is 2.26. The number of fused-ring (bicyclic) bond motifs is 1. The topological polar surface area (TPSA) is 142 Å². The minimum Gasteiger partial charge on any atom is -0.258 e. The van der Waals surface area contributed by atoms with Gasteiger partial charge in [0.1, 0.15) is 0 Å². The molecule has 0 saturated carbocycles. The molecule has 0 saturated heterocycles. The Hall–Kier alpha value is -3.95. The highest BCUT2D eigenvalue weighted by molar-refractivity contribution is 5.78. The number of non-ortho nitro benzene ring substituents is 3. The summed E-state index contributed by atoms with van der Waals surface area (Å²) in [6.45, 7) is 2.09. The molecule has 0 spiro atoms. The van der Waals surface area contributed by atoms with Crippen molar-refractivity contribution in [2.75, 3.05) is 0 Å². The van der Waals surface area contributed by atoms with Crippen LogP contribution in [0, 0.1) is 37.3 Å². The van der Waals surface area contributed by atoms with Gasteiger partial charge in [0.15, 0.2) is 0 Å². The van der Waals surface area contributed by atoms with E-state index in [1.807, 2.05) is 18.3 Å². The van der Waals surface area contributed by atoms with Gasteiger partial charge in [0.25, 0.3) is 17.1 Å². The van der Waals surface area contributed by atoms with Crippen LogP contribution >= 0.6 is 0 Å². The Morgan fingerprint density at radius 1 is 0.769 bits per heavy atom. The first kappa shape index (κ1) is 18.4. The van der Waals surface area contributed by atoms with Gasteiger partial charge in [-0.25, -0.2) is 0 Å². The minimum absolute atomic E-state index is 0.660. The summed E-state index contributed by atoms with van der Waals surface area (Å²) in [4.78, 5) is 32.4. The maximum Gasteiger partial charge on any atom is 0.283 e. The second kappa shape index (κ2) is 7.75. The molecule has 1 heterocycles. The molecule has 0 fully saturated rings. The zero-order valence-corrected chi connectivity index (χ0v) is 13.4. The number of aromatic nitrogens is 1. The summed E-state index contributed by atoms with van der Waals surface area (Å²) >= 11 is 0. The number of nitrogens with zero attached hydrogens (tertiary/aromatic N) is 4. The zero-order valence-electron chi connectivity index (χ0n) is 13.4. The Kier molecular flexibility index (Phi) is 5.48. The maximum atomic E-state index is 10.3. The number of benzene rings is 2. The SMILES string of the molecule is Cc1ccc2ncccc2c1.O=[N+]([O-])c1cc([N+](=O)[O-])cc([N+](=O)[O-])c1. The Labute approximate surface area is 146 Å². The van der Waals surface area contributed by atoms with Crippen molar-refractivity contribution in [1.82, 2.24) is 4.98 Å². The first-order valence-corrected chi connectivity index (χ1v) is 7.17. The smallest absolute Gasteiger partial charge is 0.258 e. The Balaban J connectivity index is 0.000000195. The lowest BCUT2D eigenvalue weighted by atomic mass is 10.1. The average Bonchev–Trinajstić information content (AvgIpc) is 2.61. The third-order valence-corrected chi connectivity index (χ3v) is 3.28. The van der Waals surface area contributed by atoms with Gasteiger partial charge < -0.3 is 0 Å². The summed E-state index contributed by atoms with van der Waals surface area (Å²) in [5, 5.41) is 32.1. The molecule has 3 rings (SSSR count). The van der Waals surface area contributed by atoms with Crippen LogP contribution in [-0.2, 0) is 0 Å². The molecular weight excluding hydrogens is 344 g/mol. The molecule has 3 aromatic rings. The quantitative estimate of drug-likeness (QED) is 0.510. The van der Waals surface area contributed by atoms with Crippen LogP contribution in [0.4, 0.5) is 17.1 Å². The van der Waals surface area contributed by atoms with Gasteiger partial charge in [-0.15, -0.1) is 0 Å². The molecule has 10 heteroatoms. The number of nitro benzene ring substituents is 3. The molecule has 0 unspecified atom stereocenters. The van der Waals surface area contributed by atoms with Crippen LogP contribution in [0.2, 0.25) is 0 Å². The van der Waals surface area contributed by atoms with Gasteiger partial charge >= 0.3 is 0 Å². The van der Waals surface area contributed by atoms with Crippen LogP contribution < -0.4 is 0 Å². The lowest BCUT2D eigenvalue weighted by Gasteiger charge is -1.95. The number of hydrogen-bond acceptors (Lipinski definition) is 7. The summed E-state index contributed by atoms with van der Waals surface area (Å²) in [5.41, 5.74) is 0.298. The minimum atomic E-state index is -0.931. The van der Waals surface area contributed by atoms with E-state index < -0.39 is 31.8 Å². The first-order valence-electron chi connectivity index (χ1n) is 7.17. The molecule has 0 N–H and O–H groups in total. The van der Waals surface area contributed by atoms with E-state index >= 15 is 0 Å². The summed E-state index contributed by atoms with van der Waals surface area (Å²) < 4.78 is 0. The molecule has 10 nitrogen and oxygen atoms in total. The molecule has 0 radical (unpaired) electrons. The highest BCUT2D eigenvalue weighted by atomic mass is 16.6. The van der Waals surface area contributed by atoms with E-state index in [4.69, 9.17) is 0 Å².